The van der Waals surface area contributed by atoms with Crippen LogP contribution in [0.2, 0.25) is 0 Å². The van der Waals surface area contributed by atoms with Crippen molar-refractivity contribution >= 4 is 17.2 Å². The first kappa shape index (κ1) is 15.4. The molecule has 0 saturated heterocycles. The smallest absolute Gasteiger partial charge is 0.263 e. The van der Waals surface area contributed by atoms with Crippen LogP contribution in [-0.2, 0) is 0 Å². The summed E-state index contributed by atoms with van der Waals surface area (Å²) in [5, 5.41) is 3.87. The molecule has 1 aromatic carbocycles. The molecule has 1 atom stereocenters. The van der Waals surface area contributed by atoms with Crippen molar-refractivity contribution in [3.63, 3.8) is 0 Å². The van der Waals surface area contributed by atoms with Crippen molar-refractivity contribution in [2.45, 2.75) is 19.9 Å². The van der Waals surface area contributed by atoms with Crippen LogP contribution in [0.3, 0.4) is 0 Å². The number of pyridine rings is 1. The number of hydrogen-bond donors (Lipinski definition) is 1. The van der Waals surface area contributed by atoms with Crippen LogP contribution in [0.4, 0.5) is 0 Å². The summed E-state index contributed by atoms with van der Waals surface area (Å²) in [5.74, 6) is -0.0864. The lowest BCUT2D eigenvalue weighted by atomic mass is 10.1. The Morgan fingerprint density at radius 2 is 1.83 bits per heavy atom. The Morgan fingerprint density at radius 1 is 1.13 bits per heavy atom. The van der Waals surface area contributed by atoms with Crippen molar-refractivity contribution in [3.05, 3.63) is 71.0 Å². The van der Waals surface area contributed by atoms with Crippen molar-refractivity contribution in [2.24, 2.45) is 0 Å². The van der Waals surface area contributed by atoms with E-state index in [-0.39, 0.29) is 11.9 Å². The molecule has 3 aromatic rings. The summed E-state index contributed by atoms with van der Waals surface area (Å²) in [4.78, 5) is 21.7. The van der Waals surface area contributed by atoms with Gasteiger partial charge in [-0.2, -0.15) is 0 Å². The number of carbonyl (C=O) groups excluding carboxylic acids is 1. The standard InChI is InChI=1S/C18H17N3OS/c1-12(14-6-4-3-5-7-14)20-17(22)16-13(2)21-18(23-16)15-8-10-19-11-9-15/h3-12H,1-2H3,(H,20,22). The van der Waals surface area contributed by atoms with E-state index in [4.69, 9.17) is 0 Å². The predicted molar refractivity (Wildman–Crippen MR) is 92.4 cm³/mol. The highest BCUT2D eigenvalue weighted by Crippen LogP contribution is 2.27. The summed E-state index contributed by atoms with van der Waals surface area (Å²) in [6.07, 6.45) is 3.45. The van der Waals surface area contributed by atoms with Crippen molar-refractivity contribution in [1.29, 1.82) is 0 Å². The molecule has 0 aliphatic rings. The van der Waals surface area contributed by atoms with Gasteiger partial charge in [-0.15, -0.1) is 11.3 Å². The van der Waals surface area contributed by atoms with E-state index in [1.807, 2.05) is 56.3 Å². The van der Waals surface area contributed by atoms with Gasteiger partial charge in [0.15, 0.2) is 0 Å². The largest absolute Gasteiger partial charge is 0.345 e. The van der Waals surface area contributed by atoms with Crippen molar-refractivity contribution in [1.82, 2.24) is 15.3 Å². The van der Waals surface area contributed by atoms with Gasteiger partial charge >= 0.3 is 0 Å². The number of hydrogen-bond acceptors (Lipinski definition) is 4. The zero-order chi connectivity index (χ0) is 16.2. The molecule has 0 saturated carbocycles. The van der Waals surface area contributed by atoms with E-state index in [1.165, 1.54) is 11.3 Å². The van der Waals surface area contributed by atoms with Crippen molar-refractivity contribution < 1.29 is 4.79 Å². The van der Waals surface area contributed by atoms with Gasteiger partial charge in [0, 0.05) is 18.0 Å². The number of nitrogens with one attached hydrogen (secondary N) is 1. The lowest BCUT2D eigenvalue weighted by Gasteiger charge is -2.13. The van der Waals surface area contributed by atoms with Gasteiger partial charge in [-0.05, 0) is 31.5 Å². The molecule has 1 amide bonds. The highest BCUT2D eigenvalue weighted by atomic mass is 32.1. The number of aryl methyl sites for hydroxylation is 1. The summed E-state index contributed by atoms with van der Waals surface area (Å²) in [5.41, 5.74) is 2.81. The topological polar surface area (TPSA) is 54.9 Å². The van der Waals surface area contributed by atoms with Gasteiger partial charge in [-0.3, -0.25) is 9.78 Å². The van der Waals surface area contributed by atoms with E-state index < -0.39 is 0 Å². The summed E-state index contributed by atoms with van der Waals surface area (Å²) in [6, 6.07) is 13.7. The Labute approximate surface area is 139 Å². The van der Waals surface area contributed by atoms with Crippen LogP contribution in [0, 0.1) is 6.92 Å². The second-order valence-electron chi connectivity index (χ2n) is 5.28. The quantitative estimate of drug-likeness (QED) is 0.789. The first-order valence-electron chi connectivity index (χ1n) is 7.39. The molecule has 2 heterocycles. The minimum absolute atomic E-state index is 0.0467. The number of amides is 1. The third-order valence-corrected chi connectivity index (χ3v) is 4.78. The molecule has 0 fully saturated rings. The van der Waals surface area contributed by atoms with Gasteiger partial charge in [-0.25, -0.2) is 4.98 Å². The minimum Gasteiger partial charge on any atom is -0.345 e. The Hall–Kier alpha value is -2.53. The highest BCUT2D eigenvalue weighted by Gasteiger charge is 2.18. The maximum atomic E-state index is 12.5. The fourth-order valence-corrected chi connectivity index (χ4v) is 3.29. The molecule has 1 N–H and O–H groups in total. The number of rotatable bonds is 4. The van der Waals surface area contributed by atoms with Crippen molar-refractivity contribution in [2.75, 3.05) is 0 Å². The Balaban J connectivity index is 1.79. The zero-order valence-corrected chi connectivity index (χ0v) is 13.8. The predicted octanol–water partition coefficient (Wildman–Crippen LogP) is 4.00. The van der Waals surface area contributed by atoms with E-state index in [1.54, 1.807) is 12.4 Å². The molecule has 0 bridgehead atoms. The number of benzene rings is 1. The van der Waals surface area contributed by atoms with Crippen LogP contribution >= 0.6 is 11.3 Å². The van der Waals surface area contributed by atoms with Gasteiger partial charge in [-0.1, -0.05) is 30.3 Å². The number of thiazole rings is 1. The fraction of sp³-hybridized carbons (Fsp3) is 0.167. The molecule has 4 nitrogen and oxygen atoms in total. The van der Waals surface area contributed by atoms with Crippen LogP contribution in [0.25, 0.3) is 10.6 Å². The van der Waals surface area contributed by atoms with Gasteiger partial charge < -0.3 is 5.32 Å². The second-order valence-corrected chi connectivity index (χ2v) is 6.27. The lowest BCUT2D eigenvalue weighted by molar-refractivity contribution is 0.0943. The van der Waals surface area contributed by atoms with E-state index >= 15 is 0 Å². The van der Waals surface area contributed by atoms with Gasteiger partial charge in [0.25, 0.3) is 5.91 Å². The number of carbonyl (C=O) groups is 1. The molecule has 5 heteroatoms. The van der Waals surface area contributed by atoms with Gasteiger partial charge in [0.2, 0.25) is 0 Å². The molecule has 1 unspecified atom stereocenters. The van der Waals surface area contributed by atoms with E-state index in [0.717, 1.165) is 21.8 Å². The third-order valence-electron chi connectivity index (χ3n) is 3.58. The van der Waals surface area contributed by atoms with E-state index in [2.05, 4.69) is 15.3 Å². The molecule has 23 heavy (non-hydrogen) atoms. The Bertz CT molecular complexity index is 800. The van der Waals surface area contributed by atoms with Crippen LogP contribution < -0.4 is 5.32 Å². The molecule has 2 aromatic heterocycles. The molecule has 0 aliphatic heterocycles. The molecule has 0 radical (unpaired) electrons. The Morgan fingerprint density at radius 3 is 2.52 bits per heavy atom. The first-order valence-corrected chi connectivity index (χ1v) is 8.20. The number of nitrogens with zero attached hydrogens (tertiary/aromatic N) is 2. The molecule has 116 valence electrons. The Kier molecular flexibility index (Phi) is 4.48. The third kappa shape index (κ3) is 3.46. The van der Waals surface area contributed by atoms with Crippen LogP contribution in [0.1, 0.15) is 33.9 Å². The normalized spacial score (nSPS) is 11.9. The molecular formula is C18H17N3OS. The van der Waals surface area contributed by atoms with E-state index in [0.29, 0.717) is 4.88 Å². The first-order chi connectivity index (χ1) is 11.1. The summed E-state index contributed by atoms with van der Waals surface area (Å²) >= 11 is 1.41. The SMILES string of the molecule is Cc1nc(-c2ccncc2)sc1C(=O)NC(C)c1ccccc1. The molecule has 0 spiro atoms. The summed E-state index contributed by atoms with van der Waals surface area (Å²) in [7, 11) is 0. The lowest BCUT2D eigenvalue weighted by Crippen LogP contribution is -2.26. The van der Waals surface area contributed by atoms with Gasteiger partial charge in [0.05, 0.1) is 11.7 Å². The monoisotopic (exact) mass is 323 g/mol. The maximum Gasteiger partial charge on any atom is 0.263 e. The van der Waals surface area contributed by atoms with Crippen LogP contribution in [0.5, 0.6) is 0 Å². The summed E-state index contributed by atoms with van der Waals surface area (Å²) < 4.78 is 0. The van der Waals surface area contributed by atoms with Crippen LogP contribution in [-0.4, -0.2) is 15.9 Å². The van der Waals surface area contributed by atoms with E-state index in [9.17, 15) is 4.79 Å². The molecule has 0 aliphatic carbocycles. The number of aromatic nitrogens is 2. The highest BCUT2D eigenvalue weighted by molar-refractivity contribution is 7.17. The molecular weight excluding hydrogens is 306 g/mol. The zero-order valence-electron chi connectivity index (χ0n) is 13.0. The fourth-order valence-electron chi connectivity index (χ4n) is 2.31. The molecule has 3 rings (SSSR count). The summed E-state index contributed by atoms with van der Waals surface area (Å²) in [6.45, 7) is 3.84. The average molecular weight is 323 g/mol. The van der Waals surface area contributed by atoms with Crippen molar-refractivity contribution in [3.8, 4) is 10.6 Å². The minimum atomic E-state index is -0.0864. The van der Waals surface area contributed by atoms with Crippen LogP contribution in [0.15, 0.2) is 54.9 Å². The average Bonchev–Trinajstić information content (AvgIpc) is 2.98. The van der Waals surface area contributed by atoms with Gasteiger partial charge in [0.1, 0.15) is 9.88 Å². The maximum absolute atomic E-state index is 12.5. The second kappa shape index (κ2) is 6.71.